The number of aromatic nitrogens is 4. The van der Waals surface area contributed by atoms with Gasteiger partial charge >= 0.3 is 6.18 Å². The van der Waals surface area contributed by atoms with Gasteiger partial charge < -0.3 is 0 Å². The molecule has 4 rings (SSSR count). The van der Waals surface area contributed by atoms with Gasteiger partial charge in [0.15, 0.2) is 10.7 Å². The van der Waals surface area contributed by atoms with Crippen molar-refractivity contribution in [3.8, 4) is 6.07 Å². The molecular formula is C15H9ClF3N5OS. The number of nitrogens with zero attached hydrogens (tertiary/aromatic N) is 5. The molecule has 2 atom stereocenters. The average Bonchev–Trinajstić information content (AvgIpc) is 3.07. The minimum atomic E-state index is -4.60. The standard InChI is InChI=1S/C15H9ClF3N5OS/c16-12-3-11(15(17,18)19)22-23(12)5-8-2-13(25)24-10(6-26-14(24)21-8)9-1-7(9)4-20/h2-3,6-7,9H,1,5H2. The maximum Gasteiger partial charge on any atom is 0.435 e. The van der Waals surface area contributed by atoms with Crippen LogP contribution in [0.5, 0.6) is 0 Å². The summed E-state index contributed by atoms with van der Waals surface area (Å²) in [5.41, 5.74) is -0.439. The molecule has 0 N–H and O–H groups in total. The van der Waals surface area contributed by atoms with Gasteiger partial charge in [0.25, 0.3) is 5.56 Å². The highest BCUT2D eigenvalue weighted by Gasteiger charge is 2.41. The lowest BCUT2D eigenvalue weighted by molar-refractivity contribution is -0.141. The van der Waals surface area contributed by atoms with Gasteiger partial charge in [-0.05, 0) is 6.42 Å². The zero-order valence-electron chi connectivity index (χ0n) is 12.9. The smallest absolute Gasteiger partial charge is 0.269 e. The molecule has 134 valence electrons. The molecule has 2 unspecified atom stereocenters. The van der Waals surface area contributed by atoms with Crippen LogP contribution in [0.15, 0.2) is 22.3 Å². The minimum absolute atomic E-state index is 0.0222. The van der Waals surface area contributed by atoms with Gasteiger partial charge in [-0.3, -0.25) is 9.20 Å². The maximum absolute atomic E-state index is 12.7. The van der Waals surface area contributed by atoms with Crippen molar-refractivity contribution in [1.29, 1.82) is 5.26 Å². The molecule has 0 amide bonds. The molecule has 3 aromatic heterocycles. The Balaban J connectivity index is 1.68. The highest BCUT2D eigenvalue weighted by atomic mass is 35.5. The van der Waals surface area contributed by atoms with Crippen LogP contribution >= 0.6 is 22.9 Å². The van der Waals surface area contributed by atoms with Crippen molar-refractivity contribution in [2.45, 2.75) is 25.1 Å². The van der Waals surface area contributed by atoms with E-state index in [-0.39, 0.29) is 34.8 Å². The van der Waals surface area contributed by atoms with Crippen LogP contribution in [-0.4, -0.2) is 19.2 Å². The summed E-state index contributed by atoms with van der Waals surface area (Å²) in [6.45, 7) is -0.155. The van der Waals surface area contributed by atoms with Crippen molar-refractivity contribution in [1.82, 2.24) is 19.2 Å². The zero-order chi connectivity index (χ0) is 18.6. The molecule has 0 spiro atoms. The summed E-state index contributed by atoms with van der Waals surface area (Å²) in [5, 5.41) is 14.0. The first kappa shape index (κ1) is 17.1. The monoisotopic (exact) mass is 399 g/mol. The molecule has 1 saturated carbocycles. The minimum Gasteiger partial charge on any atom is -0.269 e. The molecule has 1 aliphatic rings. The SMILES string of the molecule is N#CC1CC1c1csc2nc(Cn3nc(C(F)(F)F)cc3Cl)cc(=O)n12. The molecule has 0 aliphatic heterocycles. The van der Waals surface area contributed by atoms with Crippen LogP contribution in [-0.2, 0) is 12.7 Å². The number of fused-ring (bicyclic) bond motifs is 1. The third-order valence-electron chi connectivity index (χ3n) is 4.15. The van der Waals surface area contributed by atoms with E-state index < -0.39 is 11.9 Å². The second-order valence-corrected chi connectivity index (χ2v) is 7.17. The molecule has 0 radical (unpaired) electrons. The molecule has 0 bridgehead atoms. The van der Waals surface area contributed by atoms with Crippen LogP contribution in [0.4, 0.5) is 13.2 Å². The van der Waals surface area contributed by atoms with Gasteiger partial charge in [-0.25, -0.2) is 9.67 Å². The van der Waals surface area contributed by atoms with E-state index in [1.54, 1.807) is 5.38 Å². The Labute approximate surface area is 153 Å². The maximum atomic E-state index is 12.7. The summed E-state index contributed by atoms with van der Waals surface area (Å²) in [4.78, 5) is 17.2. The molecule has 0 aromatic carbocycles. The lowest BCUT2D eigenvalue weighted by Gasteiger charge is -2.05. The van der Waals surface area contributed by atoms with Crippen LogP contribution in [0.1, 0.15) is 29.4 Å². The van der Waals surface area contributed by atoms with Gasteiger partial charge in [0.2, 0.25) is 0 Å². The third kappa shape index (κ3) is 2.87. The molecule has 0 saturated heterocycles. The molecular weight excluding hydrogens is 391 g/mol. The van der Waals surface area contributed by atoms with Gasteiger partial charge in [0, 0.05) is 29.1 Å². The van der Waals surface area contributed by atoms with Crippen LogP contribution in [0, 0.1) is 17.2 Å². The van der Waals surface area contributed by atoms with Crippen LogP contribution in [0.25, 0.3) is 4.96 Å². The van der Waals surface area contributed by atoms with Crippen LogP contribution < -0.4 is 5.56 Å². The quantitative estimate of drug-likeness (QED) is 0.677. The number of hydrogen-bond donors (Lipinski definition) is 0. The van der Waals surface area contributed by atoms with E-state index in [0.29, 0.717) is 11.4 Å². The van der Waals surface area contributed by atoms with Gasteiger partial charge in [-0.2, -0.15) is 23.5 Å². The van der Waals surface area contributed by atoms with E-state index in [9.17, 15) is 18.0 Å². The van der Waals surface area contributed by atoms with Crippen LogP contribution in [0.2, 0.25) is 5.15 Å². The first-order valence-corrected chi connectivity index (χ1v) is 8.74. The average molecular weight is 400 g/mol. The fourth-order valence-corrected chi connectivity index (χ4v) is 3.96. The number of hydrogen-bond acceptors (Lipinski definition) is 5. The van der Waals surface area contributed by atoms with Crippen molar-refractivity contribution in [2.24, 2.45) is 5.92 Å². The summed E-state index contributed by atoms with van der Waals surface area (Å²) in [7, 11) is 0. The normalized spacial score (nSPS) is 19.7. The highest BCUT2D eigenvalue weighted by molar-refractivity contribution is 7.15. The molecule has 3 heterocycles. The highest BCUT2D eigenvalue weighted by Crippen LogP contribution is 2.47. The van der Waals surface area contributed by atoms with Gasteiger partial charge in [0.05, 0.1) is 24.2 Å². The third-order valence-corrected chi connectivity index (χ3v) is 5.30. The fraction of sp³-hybridized carbons (Fsp3) is 0.333. The van der Waals surface area contributed by atoms with E-state index in [4.69, 9.17) is 16.9 Å². The Hall–Kier alpha value is -2.38. The zero-order valence-corrected chi connectivity index (χ0v) is 14.4. The lowest BCUT2D eigenvalue weighted by atomic mass is 10.2. The largest absolute Gasteiger partial charge is 0.435 e. The van der Waals surface area contributed by atoms with Crippen molar-refractivity contribution in [2.75, 3.05) is 0 Å². The summed E-state index contributed by atoms with van der Waals surface area (Å²) < 4.78 is 40.5. The van der Waals surface area contributed by atoms with Crippen molar-refractivity contribution < 1.29 is 13.2 Å². The van der Waals surface area contributed by atoms with E-state index in [1.165, 1.54) is 21.8 Å². The lowest BCUT2D eigenvalue weighted by Crippen LogP contribution is -2.18. The van der Waals surface area contributed by atoms with Crippen molar-refractivity contribution in [3.05, 3.63) is 50.1 Å². The Morgan fingerprint density at radius 1 is 1.42 bits per heavy atom. The van der Waals surface area contributed by atoms with E-state index in [0.717, 1.165) is 16.4 Å². The van der Waals surface area contributed by atoms with Crippen molar-refractivity contribution in [3.63, 3.8) is 0 Å². The number of halogens is 4. The summed E-state index contributed by atoms with van der Waals surface area (Å²) in [6.07, 6.45) is -3.89. The summed E-state index contributed by atoms with van der Waals surface area (Å²) >= 11 is 7.05. The van der Waals surface area contributed by atoms with Gasteiger partial charge in [-0.15, -0.1) is 11.3 Å². The molecule has 6 nitrogen and oxygen atoms in total. The predicted octanol–water partition coefficient (Wildman–Crippen LogP) is 3.30. The van der Waals surface area contributed by atoms with E-state index >= 15 is 0 Å². The Kier molecular flexibility index (Phi) is 3.82. The molecule has 11 heteroatoms. The number of nitriles is 1. The second kappa shape index (κ2) is 5.82. The van der Waals surface area contributed by atoms with E-state index in [2.05, 4.69) is 16.2 Å². The van der Waals surface area contributed by atoms with Crippen LogP contribution in [0.3, 0.4) is 0 Å². The Morgan fingerprint density at radius 3 is 2.81 bits per heavy atom. The van der Waals surface area contributed by atoms with Gasteiger partial charge in [-0.1, -0.05) is 11.6 Å². The molecule has 3 aromatic rings. The first-order chi connectivity index (χ1) is 12.3. The summed E-state index contributed by atoms with van der Waals surface area (Å²) in [5.74, 6) is -0.0722. The number of thiazole rings is 1. The Bertz CT molecular complexity index is 1110. The van der Waals surface area contributed by atoms with E-state index in [1.807, 2.05) is 0 Å². The summed E-state index contributed by atoms with van der Waals surface area (Å²) in [6, 6.07) is 4.15. The molecule has 1 fully saturated rings. The first-order valence-electron chi connectivity index (χ1n) is 7.48. The predicted molar refractivity (Wildman–Crippen MR) is 87.1 cm³/mol. The number of rotatable bonds is 3. The molecule has 1 aliphatic carbocycles. The molecule has 26 heavy (non-hydrogen) atoms. The van der Waals surface area contributed by atoms with Crippen molar-refractivity contribution >= 4 is 27.9 Å². The Morgan fingerprint density at radius 2 is 2.19 bits per heavy atom. The second-order valence-electron chi connectivity index (χ2n) is 5.95. The topological polar surface area (TPSA) is 76.0 Å². The van der Waals surface area contributed by atoms with Gasteiger partial charge in [0.1, 0.15) is 5.15 Å². The number of alkyl halides is 3. The fourth-order valence-electron chi connectivity index (χ4n) is 2.78.